The number of benzene rings is 1. The fourth-order valence-electron chi connectivity index (χ4n) is 1.45. The van der Waals surface area contributed by atoms with Crippen LogP contribution < -0.4 is 10.2 Å². The Bertz CT molecular complexity index is 651. The lowest BCUT2D eigenvalue weighted by Gasteiger charge is -2.06. The van der Waals surface area contributed by atoms with Crippen molar-refractivity contribution in [3.8, 4) is 5.75 Å². The summed E-state index contributed by atoms with van der Waals surface area (Å²) in [6, 6.07) is 9.30. The van der Waals surface area contributed by atoms with Gasteiger partial charge in [0.05, 0.1) is 10.7 Å². The van der Waals surface area contributed by atoms with Crippen LogP contribution >= 0.6 is 43.2 Å². The van der Waals surface area contributed by atoms with E-state index in [-0.39, 0.29) is 12.5 Å². The van der Waals surface area contributed by atoms with Crippen LogP contribution in [0.25, 0.3) is 0 Å². The van der Waals surface area contributed by atoms with Crippen molar-refractivity contribution in [3.05, 3.63) is 49.0 Å². The number of carbonyl (C=O) groups excluding carboxylic acids is 1. The first kappa shape index (κ1) is 16.2. The van der Waals surface area contributed by atoms with Crippen molar-refractivity contribution in [1.29, 1.82) is 0 Å². The second-order valence-electron chi connectivity index (χ2n) is 4.07. The van der Waals surface area contributed by atoms with Gasteiger partial charge in [0.1, 0.15) is 5.75 Å². The molecule has 1 N–H and O–H groups in total. The summed E-state index contributed by atoms with van der Waals surface area (Å²) in [4.78, 5) is 13.7. The van der Waals surface area contributed by atoms with Gasteiger partial charge in [-0.3, -0.25) is 4.79 Å². The first-order valence-corrected chi connectivity index (χ1v) is 8.41. The molecule has 0 atom stereocenters. The van der Waals surface area contributed by atoms with Gasteiger partial charge in [0.2, 0.25) is 0 Å². The number of ether oxygens (including phenoxy) is 1. The molecule has 0 saturated heterocycles. The SMILES string of the molecule is Cc1sc(C=NNC(=O)COc2ccccc2Br)cc1Br. The van der Waals surface area contributed by atoms with Gasteiger partial charge in [0, 0.05) is 14.2 Å². The Kier molecular flexibility index (Phi) is 5.96. The maximum absolute atomic E-state index is 11.6. The van der Waals surface area contributed by atoms with E-state index in [4.69, 9.17) is 4.74 Å². The Morgan fingerprint density at radius 2 is 2.14 bits per heavy atom. The number of hydrazone groups is 1. The number of para-hydroxylation sites is 1. The van der Waals surface area contributed by atoms with E-state index in [2.05, 4.69) is 42.4 Å². The molecular weight excluding hydrogens is 420 g/mol. The highest BCUT2D eigenvalue weighted by molar-refractivity contribution is 9.10. The molecule has 2 rings (SSSR count). The van der Waals surface area contributed by atoms with Gasteiger partial charge in [-0.2, -0.15) is 5.10 Å². The zero-order chi connectivity index (χ0) is 15.2. The minimum absolute atomic E-state index is 0.0902. The van der Waals surface area contributed by atoms with Crippen LogP contribution in [0.2, 0.25) is 0 Å². The van der Waals surface area contributed by atoms with Gasteiger partial charge in [-0.25, -0.2) is 5.43 Å². The molecule has 1 amide bonds. The summed E-state index contributed by atoms with van der Waals surface area (Å²) in [7, 11) is 0. The molecule has 4 nitrogen and oxygen atoms in total. The zero-order valence-electron chi connectivity index (χ0n) is 11.1. The highest BCUT2D eigenvalue weighted by atomic mass is 79.9. The van der Waals surface area contributed by atoms with Crippen LogP contribution in [0.1, 0.15) is 9.75 Å². The molecule has 0 fully saturated rings. The maximum Gasteiger partial charge on any atom is 0.277 e. The molecule has 110 valence electrons. The van der Waals surface area contributed by atoms with Gasteiger partial charge in [0.25, 0.3) is 5.91 Å². The summed E-state index contributed by atoms with van der Waals surface area (Å²) >= 11 is 8.37. The van der Waals surface area contributed by atoms with Gasteiger partial charge in [0.15, 0.2) is 6.61 Å². The third kappa shape index (κ3) is 4.94. The molecule has 0 aliphatic carbocycles. The summed E-state index contributed by atoms with van der Waals surface area (Å²) in [5, 5.41) is 3.90. The van der Waals surface area contributed by atoms with Crippen LogP contribution in [0.5, 0.6) is 5.75 Å². The van der Waals surface area contributed by atoms with E-state index in [0.29, 0.717) is 5.75 Å². The monoisotopic (exact) mass is 430 g/mol. The molecular formula is C14H12Br2N2O2S. The molecule has 1 aromatic carbocycles. The second kappa shape index (κ2) is 7.72. The topological polar surface area (TPSA) is 50.7 Å². The number of thiophene rings is 1. The van der Waals surface area contributed by atoms with E-state index >= 15 is 0 Å². The average Bonchev–Trinajstić information content (AvgIpc) is 2.77. The summed E-state index contributed by atoms with van der Waals surface area (Å²) in [6.07, 6.45) is 1.61. The Labute approximate surface area is 143 Å². The van der Waals surface area contributed by atoms with E-state index in [1.54, 1.807) is 23.6 Å². The number of aryl methyl sites for hydroxylation is 1. The molecule has 0 unspecified atom stereocenters. The first-order valence-electron chi connectivity index (χ1n) is 6.01. The minimum atomic E-state index is -0.311. The van der Waals surface area contributed by atoms with Crippen LogP contribution in [0.15, 0.2) is 44.4 Å². The summed E-state index contributed by atoms with van der Waals surface area (Å²) in [5.74, 6) is 0.309. The van der Waals surface area contributed by atoms with E-state index < -0.39 is 0 Å². The zero-order valence-corrected chi connectivity index (χ0v) is 15.1. The normalized spacial score (nSPS) is 10.8. The number of amides is 1. The van der Waals surface area contributed by atoms with Crippen LogP contribution in [0.4, 0.5) is 0 Å². The molecule has 1 aromatic heterocycles. The van der Waals surface area contributed by atoms with Crippen molar-refractivity contribution in [2.45, 2.75) is 6.92 Å². The molecule has 2 aromatic rings. The lowest BCUT2D eigenvalue weighted by Crippen LogP contribution is -2.24. The Hall–Kier alpha value is -1.18. The fourth-order valence-corrected chi connectivity index (χ4v) is 3.28. The van der Waals surface area contributed by atoms with Crippen LogP contribution in [0.3, 0.4) is 0 Å². The van der Waals surface area contributed by atoms with Crippen molar-refractivity contribution in [2.24, 2.45) is 5.10 Å². The number of carbonyl (C=O) groups is 1. The molecule has 1 heterocycles. The van der Waals surface area contributed by atoms with E-state index in [9.17, 15) is 4.79 Å². The van der Waals surface area contributed by atoms with Crippen LogP contribution in [0, 0.1) is 6.92 Å². The van der Waals surface area contributed by atoms with Crippen molar-refractivity contribution < 1.29 is 9.53 Å². The smallest absolute Gasteiger partial charge is 0.277 e. The average molecular weight is 432 g/mol. The molecule has 0 spiro atoms. The predicted octanol–water partition coefficient (Wildman–Crippen LogP) is 4.11. The van der Waals surface area contributed by atoms with Gasteiger partial charge in [-0.05, 0) is 57.0 Å². The van der Waals surface area contributed by atoms with Crippen LogP contribution in [-0.4, -0.2) is 18.7 Å². The lowest BCUT2D eigenvalue weighted by atomic mass is 10.3. The number of hydrogen-bond acceptors (Lipinski definition) is 4. The van der Waals surface area contributed by atoms with Gasteiger partial charge in [-0.15, -0.1) is 11.3 Å². The minimum Gasteiger partial charge on any atom is -0.483 e. The quantitative estimate of drug-likeness (QED) is 0.572. The van der Waals surface area contributed by atoms with Crippen molar-refractivity contribution in [1.82, 2.24) is 5.43 Å². The van der Waals surface area contributed by atoms with E-state index in [0.717, 1.165) is 13.8 Å². The Balaban J connectivity index is 1.81. The second-order valence-corrected chi connectivity index (χ2v) is 7.06. The van der Waals surface area contributed by atoms with Crippen molar-refractivity contribution in [3.63, 3.8) is 0 Å². The summed E-state index contributed by atoms with van der Waals surface area (Å²) in [5.41, 5.74) is 2.43. The number of nitrogens with zero attached hydrogens (tertiary/aromatic N) is 1. The Morgan fingerprint density at radius 1 is 1.38 bits per heavy atom. The number of rotatable bonds is 5. The molecule has 21 heavy (non-hydrogen) atoms. The largest absolute Gasteiger partial charge is 0.483 e. The fraction of sp³-hybridized carbons (Fsp3) is 0.143. The standard InChI is InChI=1S/C14H12Br2N2O2S/c1-9-12(16)6-10(21-9)7-17-18-14(19)8-20-13-5-3-2-4-11(13)15/h2-7H,8H2,1H3,(H,18,19). The third-order valence-electron chi connectivity index (χ3n) is 2.45. The van der Waals surface area contributed by atoms with Gasteiger partial charge < -0.3 is 4.74 Å². The van der Waals surface area contributed by atoms with Gasteiger partial charge >= 0.3 is 0 Å². The molecule has 0 aliphatic heterocycles. The maximum atomic E-state index is 11.6. The molecule has 7 heteroatoms. The number of halogens is 2. The Morgan fingerprint density at radius 3 is 2.81 bits per heavy atom. The molecule has 0 aliphatic rings. The molecule has 0 saturated carbocycles. The third-order valence-corrected chi connectivity index (χ3v) is 5.18. The summed E-state index contributed by atoms with van der Waals surface area (Å²) in [6.45, 7) is 1.92. The van der Waals surface area contributed by atoms with E-state index in [1.807, 2.05) is 31.2 Å². The predicted molar refractivity (Wildman–Crippen MR) is 92.1 cm³/mol. The van der Waals surface area contributed by atoms with E-state index in [1.165, 1.54) is 4.88 Å². The number of nitrogens with one attached hydrogen (secondary N) is 1. The van der Waals surface area contributed by atoms with Crippen LogP contribution in [-0.2, 0) is 4.79 Å². The number of hydrogen-bond donors (Lipinski definition) is 1. The first-order chi connectivity index (χ1) is 10.1. The van der Waals surface area contributed by atoms with Gasteiger partial charge in [-0.1, -0.05) is 12.1 Å². The highest BCUT2D eigenvalue weighted by Crippen LogP contribution is 2.25. The van der Waals surface area contributed by atoms with Crippen molar-refractivity contribution >= 4 is 55.3 Å². The summed E-state index contributed by atoms with van der Waals surface area (Å²) < 4.78 is 7.23. The van der Waals surface area contributed by atoms with Crippen molar-refractivity contribution in [2.75, 3.05) is 6.61 Å². The highest BCUT2D eigenvalue weighted by Gasteiger charge is 2.04. The lowest BCUT2D eigenvalue weighted by molar-refractivity contribution is -0.123. The molecule has 0 radical (unpaired) electrons. The molecule has 0 bridgehead atoms.